The molecule has 0 radical (unpaired) electrons. The molecule has 0 aliphatic rings. The molecule has 2 aromatic rings. The first-order chi connectivity index (χ1) is 9.30. The number of thiophene rings is 1. The molecule has 9 heteroatoms. The van der Waals surface area contributed by atoms with Crippen molar-refractivity contribution in [2.45, 2.75) is 17.7 Å². The molecular formula is C11H12N2O5S2. The van der Waals surface area contributed by atoms with E-state index < -0.39 is 16.0 Å². The maximum Gasteiger partial charge on any atom is 0.345 e. The van der Waals surface area contributed by atoms with Crippen LogP contribution in [0.1, 0.15) is 21.1 Å². The van der Waals surface area contributed by atoms with Gasteiger partial charge in [-0.05, 0) is 19.1 Å². The van der Waals surface area contributed by atoms with E-state index in [1.54, 1.807) is 13.0 Å². The summed E-state index contributed by atoms with van der Waals surface area (Å²) in [6.45, 7) is 1.77. The van der Waals surface area contributed by atoms with Crippen molar-refractivity contribution in [3.8, 4) is 0 Å². The van der Waals surface area contributed by atoms with E-state index in [0.29, 0.717) is 11.5 Å². The molecular weight excluding hydrogens is 304 g/mol. The average Bonchev–Trinajstić information content (AvgIpc) is 2.98. The molecule has 2 heterocycles. The van der Waals surface area contributed by atoms with Crippen molar-refractivity contribution >= 4 is 27.3 Å². The number of hydrogen-bond acceptors (Lipinski definition) is 6. The molecule has 0 aromatic carbocycles. The number of hydrogen-bond donors (Lipinski definition) is 1. The second kappa shape index (κ2) is 5.35. The molecule has 2 aromatic heterocycles. The third-order valence-electron chi connectivity index (χ3n) is 2.52. The Bertz CT molecular complexity index is 732. The summed E-state index contributed by atoms with van der Waals surface area (Å²) in [5.74, 6) is -0.554. The second-order valence-corrected chi connectivity index (χ2v) is 7.47. The summed E-state index contributed by atoms with van der Waals surface area (Å²) >= 11 is 0.719. The van der Waals surface area contributed by atoms with Gasteiger partial charge in [-0.2, -0.15) is 4.31 Å². The number of sulfonamides is 1. The van der Waals surface area contributed by atoms with Crippen LogP contribution in [0, 0.1) is 6.92 Å². The van der Waals surface area contributed by atoms with Crippen LogP contribution in [0.15, 0.2) is 26.9 Å². The molecule has 1 N–H and O–H groups in total. The first-order valence-corrected chi connectivity index (χ1v) is 7.78. The lowest BCUT2D eigenvalue weighted by Gasteiger charge is -2.13. The van der Waals surface area contributed by atoms with Crippen molar-refractivity contribution in [2.24, 2.45) is 0 Å². The van der Waals surface area contributed by atoms with Gasteiger partial charge in [0.25, 0.3) is 10.0 Å². The Morgan fingerprint density at radius 3 is 2.70 bits per heavy atom. The van der Waals surface area contributed by atoms with Crippen molar-refractivity contribution in [3.63, 3.8) is 0 Å². The number of rotatable bonds is 5. The fraction of sp³-hybridized carbons (Fsp3) is 0.273. The van der Waals surface area contributed by atoms with Crippen LogP contribution in [0.25, 0.3) is 0 Å². The molecule has 0 bridgehead atoms. The third kappa shape index (κ3) is 2.89. The normalized spacial score (nSPS) is 11.9. The van der Waals surface area contributed by atoms with Gasteiger partial charge in [0.2, 0.25) is 0 Å². The maximum atomic E-state index is 12.3. The highest BCUT2D eigenvalue weighted by molar-refractivity contribution is 7.91. The van der Waals surface area contributed by atoms with E-state index >= 15 is 0 Å². The number of carboxylic acid groups (broad SMARTS) is 1. The Morgan fingerprint density at radius 2 is 2.20 bits per heavy atom. The zero-order chi connectivity index (χ0) is 14.9. The molecule has 0 amide bonds. The van der Waals surface area contributed by atoms with Gasteiger partial charge in [-0.1, -0.05) is 5.16 Å². The Labute approximate surface area is 119 Å². The number of aromatic nitrogens is 1. The molecule has 7 nitrogen and oxygen atoms in total. The van der Waals surface area contributed by atoms with Crippen LogP contribution in [-0.4, -0.2) is 36.0 Å². The topological polar surface area (TPSA) is 101 Å². The fourth-order valence-electron chi connectivity index (χ4n) is 1.53. The van der Waals surface area contributed by atoms with Gasteiger partial charge in [-0.25, -0.2) is 13.2 Å². The molecule has 2 rings (SSSR count). The average molecular weight is 316 g/mol. The van der Waals surface area contributed by atoms with Crippen molar-refractivity contribution < 1.29 is 22.8 Å². The van der Waals surface area contributed by atoms with E-state index in [1.165, 1.54) is 19.2 Å². The zero-order valence-electron chi connectivity index (χ0n) is 10.7. The molecule has 0 atom stereocenters. The van der Waals surface area contributed by atoms with Gasteiger partial charge in [-0.3, -0.25) is 0 Å². The van der Waals surface area contributed by atoms with E-state index in [1.807, 2.05) is 0 Å². The van der Waals surface area contributed by atoms with E-state index in [-0.39, 0.29) is 15.6 Å². The van der Waals surface area contributed by atoms with Crippen LogP contribution < -0.4 is 0 Å². The predicted octanol–water partition coefficient (Wildman–Crippen LogP) is 1.56. The lowest BCUT2D eigenvalue weighted by atomic mass is 10.4. The number of aryl methyl sites for hydroxylation is 1. The summed E-state index contributed by atoms with van der Waals surface area (Å²) < 4.78 is 30.5. The van der Waals surface area contributed by atoms with Crippen LogP contribution in [0.2, 0.25) is 0 Å². The summed E-state index contributed by atoms with van der Waals surface area (Å²) in [4.78, 5) is 10.8. The number of carbonyl (C=O) groups is 1. The Morgan fingerprint density at radius 1 is 1.50 bits per heavy atom. The summed E-state index contributed by atoms with van der Waals surface area (Å²) in [6, 6.07) is 4.20. The lowest BCUT2D eigenvalue weighted by molar-refractivity contribution is 0.0702. The minimum atomic E-state index is -3.73. The molecule has 0 aliphatic heterocycles. The molecule has 0 unspecified atom stereocenters. The quantitative estimate of drug-likeness (QED) is 0.898. The van der Waals surface area contributed by atoms with Crippen molar-refractivity contribution in [2.75, 3.05) is 7.05 Å². The van der Waals surface area contributed by atoms with Gasteiger partial charge in [0, 0.05) is 13.1 Å². The minimum Gasteiger partial charge on any atom is -0.477 e. The number of nitrogens with zero attached hydrogens (tertiary/aromatic N) is 2. The van der Waals surface area contributed by atoms with Gasteiger partial charge >= 0.3 is 5.97 Å². The Hall–Kier alpha value is -1.71. The predicted molar refractivity (Wildman–Crippen MR) is 71.2 cm³/mol. The van der Waals surface area contributed by atoms with Gasteiger partial charge in [0.1, 0.15) is 14.8 Å². The summed E-state index contributed by atoms with van der Waals surface area (Å²) in [5, 5.41) is 12.5. The van der Waals surface area contributed by atoms with Crippen LogP contribution in [-0.2, 0) is 16.6 Å². The molecule has 0 saturated heterocycles. The smallest absolute Gasteiger partial charge is 0.345 e. The molecule has 0 aliphatic carbocycles. The highest BCUT2D eigenvalue weighted by atomic mass is 32.2. The fourth-order valence-corrected chi connectivity index (χ4v) is 4.03. The zero-order valence-corrected chi connectivity index (χ0v) is 12.4. The monoisotopic (exact) mass is 316 g/mol. The molecule has 108 valence electrons. The Kier molecular flexibility index (Phi) is 3.93. The third-order valence-corrected chi connectivity index (χ3v) is 5.86. The van der Waals surface area contributed by atoms with E-state index in [0.717, 1.165) is 15.6 Å². The lowest BCUT2D eigenvalue weighted by Crippen LogP contribution is -2.25. The minimum absolute atomic E-state index is 0.0161. The number of carboxylic acids is 1. The van der Waals surface area contributed by atoms with Gasteiger partial charge < -0.3 is 9.63 Å². The summed E-state index contributed by atoms with van der Waals surface area (Å²) in [6.07, 6.45) is 0. The van der Waals surface area contributed by atoms with Crippen molar-refractivity contribution in [3.05, 3.63) is 34.5 Å². The summed E-state index contributed by atoms with van der Waals surface area (Å²) in [7, 11) is -2.33. The molecule has 0 saturated carbocycles. The van der Waals surface area contributed by atoms with Gasteiger partial charge in [-0.15, -0.1) is 11.3 Å². The highest BCUT2D eigenvalue weighted by Crippen LogP contribution is 2.25. The molecule has 0 spiro atoms. The molecule has 0 fully saturated rings. The first kappa shape index (κ1) is 14.7. The van der Waals surface area contributed by atoms with E-state index in [9.17, 15) is 13.2 Å². The van der Waals surface area contributed by atoms with Crippen LogP contribution >= 0.6 is 11.3 Å². The first-order valence-electron chi connectivity index (χ1n) is 5.52. The largest absolute Gasteiger partial charge is 0.477 e. The van der Waals surface area contributed by atoms with E-state index in [4.69, 9.17) is 9.63 Å². The standard InChI is InChI=1S/C11H12N2O5S2/c1-7-5-8(12-18-7)6-13(2)20(16,17)10-4-3-9(19-10)11(14)15/h3-5H,6H2,1-2H3,(H,14,15). The molecule has 20 heavy (non-hydrogen) atoms. The summed E-state index contributed by atoms with van der Waals surface area (Å²) in [5.41, 5.74) is 0.489. The maximum absolute atomic E-state index is 12.3. The SMILES string of the molecule is Cc1cc(CN(C)S(=O)(=O)c2ccc(C(=O)O)s2)no1. The Balaban J connectivity index is 2.22. The van der Waals surface area contributed by atoms with Crippen LogP contribution in [0.3, 0.4) is 0 Å². The van der Waals surface area contributed by atoms with E-state index in [2.05, 4.69) is 5.16 Å². The van der Waals surface area contributed by atoms with Crippen molar-refractivity contribution in [1.82, 2.24) is 9.46 Å². The van der Waals surface area contributed by atoms with Gasteiger partial charge in [0.15, 0.2) is 0 Å². The number of aromatic carboxylic acids is 1. The van der Waals surface area contributed by atoms with Crippen LogP contribution in [0.5, 0.6) is 0 Å². The highest BCUT2D eigenvalue weighted by Gasteiger charge is 2.25. The van der Waals surface area contributed by atoms with Crippen LogP contribution in [0.4, 0.5) is 0 Å². The van der Waals surface area contributed by atoms with Gasteiger partial charge in [0.05, 0.1) is 12.2 Å². The van der Waals surface area contributed by atoms with Crippen molar-refractivity contribution in [1.29, 1.82) is 0 Å². The second-order valence-electron chi connectivity index (χ2n) is 4.11.